The van der Waals surface area contributed by atoms with Crippen LogP contribution in [0.3, 0.4) is 0 Å². The van der Waals surface area contributed by atoms with Gasteiger partial charge in [-0.1, -0.05) is 19.9 Å². The van der Waals surface area contributed by atoms with Gasteiger partial charge in [0.15, 0.2) is 0 Å². The first-order valence-corrected chi connectivity index (χ1v) is 12.0. The molecule has 8 nitrogen and oxygen atoms in total. The fourth-order valence-electron chi connectivity index (χ4n) is 5.16. The van der Waals surface area contributed by atoms with Gasteiger partial charge in [0.05, 0.1) is 12.1 Å². The molecule has 8 heteroatoms. The monoisotopic (exact) mass is 442 g/mol. The zero-order valence-corrected chi connectivity index (χ0v) is 19.6. The summed E-state index contributed by atoms with van der Waals surface area (Å²) in [5.74, 6) is 0.726. The average molecular weight is 443 g/mol. The lowest BCUT2D eigenvalue weighted by Crippen LogP contribution is -2.50. The van der Waals surface area contributed by atoms with Crippen LogP contribution in [0.1, 0.15) is 63.8 Å². The number of hydrogen-bond acceptors (Lipinski definition) is 6. The van der Waals surface area contributed by atoms with Crippen LogP contribution in [0.25, 0.3) is 0 Å². The van der Waals surface area contributed by atoms with Gasteiger partial charge in [0, 0.05) is 12.2 Å². The second kappa shape index (κ2) is 9.35. The van der Waals surface area contributed by atoms with Gasteiger partial charge in [0.2, 0.25) is 11.8 Å². The number of carbonyl (C=O) groups is 2. The highest BCUT2D eigenvalue weighted by Crippen LogP contribution is 2.31. The van der Waals surface area contributed by atoms with Gasteiger partial charge in [0.1, 0.15) is 11.9 Å². The summed E-state index contributed by atoms with van der Waals surface area (Å²) < 4.78 is 0. The molecule has 0 bridgehead atoms. The fourth-order valence-corrected chi connectivity index (χ4v) is 5.16. The Morgan fingerprint density at radius 1 is 1.31 bits per heavy atom. The van der Waals surface area contributed by atoms with Gasteiger partial charge in [-0.05, 0) is 81.6 Å². The molecular weight excluding hydrogens is 404 g/mol. The van der Waals surface area contributed by atoms with E-state index in [-0.39, 0.29) is 23.9 Å². The van der Waals surface area contributed by atoms with E-state index in [0.717, 1.165) is 56.7 Å². The molecule has 2 aliphatic heterocycles. The van der Waals surface area contributed by atoms with Crippen molar-refractivity contribution in [1.82, 2.24) is 25.8 Å². The Balaban J connectivity index is 1.22. The zero-order valence-electron chi connectivity index (χ0n) is 19.6. The number of nitrogens with two attached hydrogens (primary N) is 1. The summed E-state index contributed by atoms with van der Waals surface area (Å²) >= 11 is 0. The lowest BCUT2D eigenvalue weighted by molar-refractivity contribution is -0.129. The van der Waals surface area contributed by atoms with Crippen molar-refractivity contribution in [3.8, 4) is 0 Å². The zero-order chi connectivity index (χ0) is 22.9. The minimum absolute atomic E-state index is 0.0755. The standard InChI is InChI=1S/C24H38N6O2/c1-15(22(31)29-19-6-5-18-17(19)4-7-21(25)28-18)27-23(32)20-12-16(13-26-20)14-30-10-8-24(2,3)9-11-30/h4,7,15-16,19-20,26H,5-6,8-14H2,1-3H3,(H2,25,28)(H,27,32)(H,29,31)/t15-,16?,19?,20?/m0/s1. The predicted molar refractivity (Wildman–Crippen MR) is 125 cm³/mol. The minimum atomic E-state index is -0.585. The Kier molecular flexibility index (Phi) is 6.72. The van der Waals surface area contributed by atoms with Crippen LogP contribution in [0.5, 0.6) is 0 Å². The molecule has 32 heavy (non-hydrogen) atoms. The van der Waals surface area contributed by atoms with Crippen LogP contribution in [-0.2, 0) is 16.0 Å². The average Bonchev–Trinajstić information content (AvgIpc) is 3.36. The van der Waals surface area contributed by atoms with E-state index in [1.807, 2.05) is 6.07 Å². The molecule has 0 radical (unpaired) electrons. The van der Waals surface area contributed by atoms with Crippen molar-refractivity contribution in [3.63, 3.8) is 0 Å². The summed E-state index contributed by atoms with van der Waals surface area (Å²) in [7, 11) is 0. The number of nitrogen functional groups attached to an aromatic ring is 1. The molecule has 1 aromatic heterocycles. The van der Waals surface area contributed by atoms with E-state index in [1.165, 1.54) is 12.8 Å². The summed E-state index contributed by atoms with van der Waals surface area (Å²) in [4.78, 5) is 32.4. The summed E-state index contributed by atoms with van der Waals surface area (Å²) in [6.45, 7) is 10.6. The van der Waals surface area contributed by atoms with E-state index in [1.54, 1.807) is 13.0 Å². The highest BCUT2D eigenvalue weighted by molar-refractivity contribution is 5.89. The van der Waals surface area contributed by atoms with Crippen LogP contribution >= 0.6 is 0 Å². The Hall–Kier alpha value is -2.19. The topological polar surface area (TPSA) is 112 Å². The van der Waals surface area contributed by atoms with Gasteiger partial charge in [-0.15, -0.1) is 0 Å². The smallest absolute Gasteiger partial charge is 0.242 e. The quantitative estimate of drug-likeness (QED) is 0.529. The van der Waals surface area contributed by atoms with Crippen molar-refractivity contribution < 1.29 is 9.59 Å². The summed E-state index contributed by atoms with van der Waals surface area (Å²) in [6.07, 6.45) is 4.89. The predicted octanol–water partition coefficient (Wildman–Crippen LogP) is 1.37. The van der Waals surface area contributed by atoms with Crippen LogP contribution in [0.15, 0.2) is 12.1 Å². The minimum Gasteiger partial charge on any atom is -0.384 e. The molecule has 1 aromatic rings. The molecule has 2 fully saturated rings. The van der Waals surface area contributed by atoms with Crippen molar-refractivity contribution in [1.29, 1.82) is 0 Å². The molecule has 176 valence electrons. The highest BCUT2D eigenvalue weighted by atomic mass is 16.2. The number of aryl methyl sites for hydroxylation is 1. The van der Waals surface area contributed by atoms with Gasteiger partial charge < -0.3 is 26.6 Å². The van der Waals surface area contributed by atoms with E-state index in [0.29, 0.717) is 17.2 Å². The van der Waals surface area contributed by atoms with E-state index < -0.39 is 6.04 Å². The number of hydrogen-bond donors (Lipinski definition) is 4. The highest BCUT2D eigenvalue weighted by Gasteiger charge is 2.34. The number of nitrogens with zero attached hydrogens (tertiary/aromatic N) is 2. The van der Waals surface area contributed by atoms with Crippen LogP contribution in [-0.4, -0.2) is 60.0 Å². The molecule has 4 atom stereocenters. The molecule has 3 heterocycles. The third-order valence-electron chi connectivity index (χ3n) is 7.41. The van der Waals surface area contributed by atoms with Gasteiger partial charge >= 0.3 is 0 Å². The third kappa shape index (κ3) is 5.41. The maximum absolute atomic E-state index is 12.8. The first kappa shape index (κ1) is 23.0. The summed E-state index contributed by atoms with van der Waals surface area (Å²) in [6, 6.07) is 2.81. The number of likely N-dealkylation sites (tertiary alicyclic amines) is 1. The molecule has 5 N–H and O–H groups in total. The fraction of sp³-hybridized carbons (Fsp3) is 0.708. The van der Waals surface area contributed by atoms with Crippen molar-refractivity contribution >= 4 is 17.6 Å². The third-order valence-corrected chi connectivity index (χ3v) is 7.41. The Morgan fingerprint density at radius 3 is 2.81 bits per heavy atom. The number of aromatic nitrogens is 1. The lowest BCUT2D eigenvalue weighted by Gasteiger charge is -2.37. The molecule has 0 saturated carbocycles. The first-order chi connectivity index (χ1) is 15.2. The van der Waals surface area contributed by atoms with Gasteiger partial charge in [-0.3, -0.25) is 9.59 Å². The van der Waals surface area contributed by atoms with Crippen LogP contribution < -0.4 is 21.7 Å². The molecule has 0 aromatic carbocycles. The van der Waals surface area contributed by atoms with E-state index in [4.69, 9.17) is 5.73 Å². The van der Waals surface area contributed by atoms with Crippen molar-refractivity contribution in [2.24, 2.45) is 11.3 Å². The SMILES string of the molecule is C[C@H](NC(=O)C1CC(CN2CCC(C)(C)CC2)CN1)C(=O)NC1CCc2nc(N)ccc21. The Bertz CT molecular complexity index is 847. The normalized spacial score (nSPS) is 28.2. The van der Waals surface area contributed by atoms with Crippen molar-refractivity contribution in [2.45, 2.75) is 71.0 Å². The number of carbonyl (C=O) groups excluding carboxylic acids is 2. The van der Waals surface area contributed by atoms with Crippen molar-refractivity contribution in [3.05, 3.63) is 23.4 Å². The number of piperidine rings is 1. The van der Waals surface area contributed by atoms with Crippen LogP contribution in [0.4, 0.5) is 5.82 Å². The summed E-state index contributed by atoms with van der Waals surface area (Å²) in [5.41, 5.74) is 8.18. The molecular formula is C24H38N6O2. The molecule has 2 amide bonds. The van der Waals surface area contributed by atoms with Crippen LogP contribution in [0.2, 0.25) is 0 Å². The number of anilines is 1. The second-order valence-corrected chi connectivity index (χ2v) is 10.6. The van der Waals surface area contributed by atoms with Gasteiger partial charge in [0.25, 0.3) is 0 Å². The molecule has 1 aliphatic carbocycles. The van der Waals surface area contributed by atoms with E-state index in [9.17, 15) is 9.59 Å². The molecule has 4 rings (SSSR count). The second-order valence-electron chi connectivity index (χ2n) is 10.6. The number of pyridine rings is 1. The number of rotatable bonds is 6. The Labute approximate surface area is 191 Å². The number of nitrogens with one attached hydrogen (secondary N) is 3. The van der Waals surface area contributed by atoms with Gasteiger partial charge in [-0.25, -0.2) is 4.98 Å². The van der Waals surface area contributed by atoms with Crippen molar-refractivity contribution in [2.75, 3.05) is 31.9 Å². The molecule has 0 spiro atoms. The maximum Gasteiger partial charge on any atom is 0.242 e. The van der Waals surface area contributed by atoms with E-state index >= 15 is 0 Å². The van der Waals surface area contributed by atoms with Gasteiger partial charge in [-0.2, -0.15) is 0 Å². The number of fused-ring (bicyclic) bond motifs is 1. The molecule has 3 unspecified atom stereocenters. The lowest BCUT2D eigenvalue weighted by atomic mass is 9.82. The van der Waals surface area contributed by atoms with E-state index in [2.05, 4.69) is 39.7 Å². The maximum atomic E-state index is 12.8. The number of amides is 2. The molecule has 2 saturated heterocycles. The first-order valence-electron chi connectivity index (χ1n) is 12.0. The molecule has 3 aliphatic rings. The summed E-state index contributed by atoms with van der Waals surface area (Å²) in [5, 5.41) is 9.32. The van der Waals surface area contributed by atoms with Crippen LogP contribution in [0, 0.1) is 11.3 Å². The Morgan fingerprint density at radius 2 is 2.06 bits per heavy atom. The largest absolute Gasteiger partial charge is 0.384 e.